The molecule has 7 nitrogen and oxygen atoms in total. The first-order valence-corrected chi connectivity index (χ1v) is 11.9. The molecule has 0 saturated carbocycles. The summed E-state index contributed by atoms with van der Waals surface area (Å²) in [7, 11) is 0. The number of rotatable bonds is 7. The van der Waals surface area contributed by atoms with Crippen molar-refractivity contribution >= 4 is 22.2 Å². The molecule has 0 spiro atoms. The van der Waals surface area contributed by atoms with E-state index in [0.29, 0.717) is 6.54 Å². The van der Waals surface area contributed by atoms with Gasteiger partial charge in [0.1, 0.15) is 0 Å². The van der Waals surface area contributed by atoms with Gasteiger partial charge in [0.15, 0.2) is 4.96 Å². The van der Waals surface area contributed by atoms with Gasteiger partial charge in [-0.05, 0) is 39.0 Å². The van der Waals surface area contributed by atoms with Crippen molar-refractivity contribution in [3.63, 3.8) is 0 Å². The average Bonchev–Trinajstić information content (AvgIpc) is 3.24. The fraction of sp³-hybridized carbons (Fsp3) is 0.591. The van der Waals surface area contributed by atoms with E-state index in [1.807, 2.05) is 12.3 Å². The highest BCUT2D eigenvalue weighted by Gasteiger charge is 2.25. The highest BCUT2D eigenvalue weighted by molar-refractivity contribution is 7.15. The van der Waals surface area contributed by atoms with Crippen molar-refractivity contribution in [2.75, 3.05) is 32.7 Å². The second kappa shape index (κ2) is 9.85. The average molecular weight is 430 g/mol. The van der Waals surface area contributed by atoms with Gasteiger partial charge >= 0.3 is 0 Å². The highest BCUT2D eigenvalue weighted by Crippen LogP contribution is 2.19. The lowest BCUT2D eigenvalue weighted by atomic mass is 9.97. The largest absolute Gasteiger partial charge is 0.354 e. The minimum absolute atomic E-state index is 0.0239. The summed E-state index contributed by atoms with van der Waals surface area (Å²) in [5, 5.41) is 5.00. The molecule has 1 N–H and O–H groups in total. The lowest BCUT2D eigenvalue weighted by molar-refractivity contribution is -0.126. The predicted molar refractivity (Wildman–Crippen MR) is 120 cm³/mol. The van der Waals surface area contributed by atoms with E-state index in [0.717, 1.165) is 49.8 Å². The van der Waals surface area contributed by atoms with Crippen LogP contribution in [0.25, 0.3) is 4.96 Å². The number of aromatic nitrogens is 2. The van der Waals surface area contributed by atoms with Gasteiger partial charge in [-0.3, -0.25) is 23.8 Å². The molecule has 1 atom stereocenters. The molecule has 2 aromatic heterocycles. The molecule has 8 heteroatoms. The Morgan fingerprint density at radius 3 is 2.87 bits per heavy atom. The molecule has 1 unspecified atom stereocenters. The van der Waals surface area contributed by atoms with E-state index >= 15 is 0 Å². The molecule has 30 heavy (non-hydrogen) atoms. The van der Waals surface area contributed by atoms with E-state index < -0.39 is 0 Å². The highest BCUT2D eigenvalue weighted by atomic mass is 32.1. The minimum atomic E-state index is -0.113. The molecular weight excluding hydrogens is 398 g/mol. The number of thiazole rings is 1. The summed E-state index contributed by atoms with van der Waals surface area (Å²) in [6, 6.07) is 1.52. The molecule has 0 aromatic carbocycles. The first-order valence-electron chi connectivity index (χ1n) is 11.0. The maximum Gasteiger partial charge on any atom is 0.258 e. The summed E-state index contributed by atoms with van der Waals surface area (Å²) in [5.74, 6) is 0.123. The lowest BCUT2D eigenvalue weighted by Crippen LogP contribution is -2.53. The van der Waals surface area contributed by atoms with Gasteiger partial charge in [0, 0.05) is 56.9 Å². The van der Waals surface area contributed by atoms with E-state index in [2.05, 4.69) is 26.2 Å². The van der Waals surface area contributed by atoms with Crippen LogP contribution in [-0.2, 0) is 11.3 Å². The van der Waals surface area contributed by atoms with Gasteiger partial charge in [-0.15, -0.1) is 11.3 Å². The standard InChI is InChI=1S/C22H31N5O2S/c1-17(21(29)23-8-7-18-5-3-2-4-6-18)26-11-9-25(10-12-26)16-19-15-20(28)27-13-14-30-22(27)24-19/h5,13-15,17H,2-4,6-12,16H2,1H3,(H,23,29). The third-order valence-corrected chi connectivity index (χ3v) is 6.96. The lowest BCUT2D eigenvalue weighted by Gasteiger charge is -2.37. The number of nitrogens with zero attached hydrogens (tertiary/aromatic N) is 4. The number of amides is 1. The second-order valence-electron chi connectivity index (χ2n) is 8.28. The van der Waals surface area contributed by atoms with E-state index in [9.17, 15) is 9.59 Å². The molecule has 162 valence electrons. The molecule has 2 aromatic rings. The van der Waals surface area contributed by atoms with Crippen LogP contribution < -0.4 is 10.9 Å². The Hall–Kier alpha value is -2.03. The number of hydrogen-bond donors (Lipinski definition) is 1. The second-order valence-corrected chi connectivity index (χ2v) is 9.15. The van der Waals surface area contributed by atoms with Crippen LogP contribution >= 0.6 is 11.3 Å². The summed E-state index contributed by atoms with van der Waals surface area (Å²) in [4.78, 5) is 34.6. The Labute approximate surface area is 181 Å². The van der Waals surface area contributed by atoms with Crippen molar-refractivity contribution in [3.8, 4) is 0 Å². The van der Waals surface area contributed by atoms with E-state index in [1.54, 1.807) is 16.7 Å². The Morgan fingerprint density at radius 1 is 1.27 bits per heavy atom. The third-order valence-electron chi connectivity index (χ3n) is 6.21. The van der Waals surface area contributed by atoms with Crippen molar-refractivity contribution in [3.05, 3.63) is 45.3 Å². The van der Waals surface area contributed by atoms with E-state index in [1.165, 1.54) is 42.6 Å². The maximum absolute atomic E-state index is 12.6. The Balaban J connectivity index is 1.22. The molecule has 1 amide bonds. The number of fused-ring (bicyclic) bond motifs is 1. The van der Waals surface area contributed by atoms with Crippen LogP contribution in [0, 0.1) is 0 Å². The Morgan fingerprint density at radius 2 is 2.10 bits per heavy atom. The molecule has 1 fully saturated rings. The number of carbonyl (C=O) groups is 1. The van der Waals surface area contributed by atoms with Gasteiger partial charge in [0.25, 0.3) is 5.56 Å². The maximum atomic E-state index is 12.6. The van der Waals surface area contributed by atoms with Gasteiger partial charge in [0.2, 0.25) is 5.91 Å². The molecule has 0 radical (unpaired) electrons. The van der Waals surface area contributed by atoms with Gasteiger partial charge in [-0.1, -0.05) is 11.6 Å². The van der Waals surface area contributed by atoms with Crippen LogP contribution in [0.1, 0.15) is 44.7 Å². The van der Waals surface area contributed by atoms with Gasteiger partial charge in [-0.2, -0.15) is 0 Å². The smallest absolute Gasteiger partial charge is 0.258 e. The number of nitrogens with one attached hydrogen (secondary N) is 1. The predicted octanol–water partition coefficient (Wildman–Crippen LogP) is 2.27. The summed E-state index contributed by atoms with van der Waals surface area (Å²) in [5.41, 5.74) is 2.29. The van der Waals surface area contributed by atoms with Crippen LogP contribution in [0.3, 0.4) is 0 Å². The van der Waals surface area contributed by atoms with Crippen molar-refractivity contribution in [2.24, 2.45) is 0 Å². The van der Waals surface area contributed by atoms with E-state index in [4.69, 9.17) is 0 Å². The Kier molecular flexibility index (Phi) is 6.97. The van der Waals surface area contributed by atoms with Crippen LogP contribution in [-0.4, -0.2) is 63.9 Å². The number of hydrogen-bond acceptors (Lipinski definition) is 6. The summed E-state index contributed by atoms with van der Waals surface area (Å²) in [6.45, 7) is 6.85. The normalized spacial score (nSPS) is 19.6. The third kappa shape index (κ3) is 5.17. The molecular formula is C22H31N5O2S. The number of allylic oxidation sites excluding steroid dienone is 1. The van der Waals surface area contributed by atoms with Crippen molar-refractivity contribution in [1.29, 1.82) is 0 Å². The minimum Gasteiger partial charge on any atom is -0.354 e. The van der Waals surface area contributed by atoms with Crippen LogP contribution in [0.5, 0.6) is 0 Å². The first kappa shape index (κ1) is 21.2. The first-order chi connectivity index (χ1) is 14.6. The fourth-order valence-electron chi connectivity index (χ4n) is 4.30. The van der Waals surface area contributed by atoms with Crippen molar-refractivity contribution in [1.82, 2.24) is 24.5 Å². The molecule has 1 aliphatic heterocycles. The molecule has 3 heterocycles. The van der Waals surface area contributed by atoms with Gasteiger partial charge < -0.3 is 5.32 Å². The zero-order valence-corrected chi connectivity index (χ0v) is 18.5. The van der Waals surface area contributed by atoms with E-state index in [-0.39, 0.29) is 17.5 Å². The summed E-state index contributed by atoms with van der Waals surface area (Å²) < 4.78 is 1.58. The SMILES string of the molecule is CC(C(=O)NCCC1=CCCCC1)N1CCN(Cc2cc(=O)n3ccsc3n2)CC1. The van der Waals surface area contributed by atoms with Crippen molar-refractivity contribution < 1.29 is 4.79 Å². The summed E-state index contributed by atoms with van der Waals surface area (Å²) in [6.07, 6.45) is 10.0. The molecule has 1 aliphatic carbocycles. The van der Waals surface area contributed by atoms with Crippen LogP contribution in [0.4, 0.5) is 0 Å². The monoisotopic (exact) mass is 429 g/mol. The van der Waals surface area contributed by atoms with Gasteiger partial charge in [-0.25, -0.2) is 4.98 Å². The molecule has 0 bridgehead atoms. The van der Waals surface area contributed by atoms with Crippen molar-refractivity contribution in [2.45, 2.75) is 51.6 Å². The zero-order chi connectivity index (χ0) is 20.9. The van der Waals surface area contributed by atoms with Crippen LogP contribution in [0.15, 0.2) is 34.1 Å². The molecule has 4 rings (SSSR count). The zero-order valence-electron chi connectivity index (χ0n) is 17.7. The summed E-state index contributed by atoms with van der Waals surface area (Å²) >= 11 is 1.48. The topological polar surface area (TPSA) is 70.0 Å². The molecule has 2 aliphatic rings. The fourth-order valence-corrected chi connectivity index (χ4v) is 5.04. The molecule has 1 saturated heterocycles. The van der Waals surface area contributed by atoms with Crippen LogP contribution in [0.2, 0.25) is 0 Å². The quantitative estimate of drug-likeness (QED) is 0.684. The number of piperazine rings is 1. The number of carbonyl (C=O) groups excluding carboxylic acids is 1. The van der Waals surface area contributed by atoms with Gasteiger partial charge in [0.05, 0.1) is 11.7 Å². The Bertz CT molecular complexity index is 958.